The number of carbonyl (C=O) groups excluding carboxylic acids is 1. The van der Waals surface area contributed by atoms with Crippen LogP contribution >= 0.6 is 11.8 Å². The number of aromatic nitrogens is 2. The van der Waals surface area contributed by atoms with Gasteiger partial charge in [0.1, 0.15) is 0 Å². The monoisotopic (exact) mass is 351 g/mol. The highest BCUT2D eigenvalue weighted by Gasteiger charge is 2.11. The van der Waals surface area contributed by atoms with Crippen molar-refractivity contribution in [2.75, 3.05) is 11.1 Å². The number of hydrogen-bond donors (Lipinski definition) is 1. The molecule has 2 aromatic carbocycles. The van der Waals surface area contributed by atoms with Crippen LogP contribution < -0.4 is 5.32 Å². The maximum absolute atomic E-state index is 12.4. The Bertz CT molecular complexity index is 864. The number of nitrogens with zero attached hydrogens (tertiary/aromatic N) is 2. The summed E-state index contributed by atoms with van der Waals surface area (Å²) in [6.45, 7) is 6.10. The van der Waals surface area contributed by atoms with Gasteiger partial charge in [0, 0.05) is 23.8 Å². The lowest BCUT2D eigenvalue weighted by atomic mass is 10.1. The Kier molecular flexibility index (Phi) is 5.24. The molecular formula is C20H21N3OS. The molecule has 0 unspecified atom stereocenters. The fourth-order valence-corrected chi connectivity index (χ4v) is 3.64. The highest BCUT2D eigenvalue weighted by molar-refractivity contribution is 7.99. The van der Waals surface area contributed by atoms with Crippen LogP contribution in [0.3, 0.4) is 0 Å². The molecule has 1 aromatic heterocycles. The van der Waals surface area contributed by atoms with Gasteiger partial charge in [-0.2, -0.15) is 0 Å². The molecule has 4 nitrogen and oxygen atoms in total. The predicted octanol–water partition coefficient (Wildman–Crippen LogP) is 4.53. The third kappa shape index (κ3) is 4.12. The van der Waals surface area contributed by atoms with Crippen molar-refractivity contribution in [2.45, 2.75) is 25.9 Å². The molecule has 0 spiro atoms. The van der Waals surface area contributed by atoms with Crippen LogP contribution in [-0.2, 0) is 4.79 Å². The summed E-state index contributed by atoms with van der Waals surface area (Å²) in [5.74, 6) is 0.291. The molecule has 0 aliphatic heterocycles. The summed E-state index contributed by atoms with van der Waals surface area (Å²) in [5, 5.41) is 3.83. The number of anilines is 1. The molecule has 1 heterocycles. The Morgan fingerprint density at radius 1 is 1.12 bits per heavy atom. The van der Waals surface area contributed by atoms with Crippen molar-refractivity contribution < 1.29 is 4.79 Å². The predicted molar refractivity (Wildman–Crippen MR) is 104 cm³/mol. The van der Waals surface area contributed by atoms with Crippen LogP contribution in [0.2, 0.25) is 0 Å². The summed E-state index contributed by atoms with van der Waals surface area (Å²) < 4.78 is 1.99. The minimum absolute atomic E-state index is 0.0253. The summed E-state index contributed by atoms with van der Waals surface area (Å²) in [6.07, 6.45) is 3.66. The zero-order chi connectivity index (χ0) is 17.8. The molecule has 0 aliphatic rings. The van der Waals surface area contributed by atoms with Crippen molar-refractivity contribution >= 4 is 23.4 Å². The Morgan fingerprint density at radius 2 is 1.80 bits per heavy atom. The van der Waals surface area contributed by atoms with Gasteiger partial charge in [-0.15, -0.1) is 0 Å². The van der Waals surface area contributed by atoms with Crippen molar-refractivity contribution in [3.63, 3.8) is 0 Å². The van der Waals surface area contributed by atoms with Crippen LogP contribution in [0, 0.1) is 20.8 Å². The van der Waals surface area contributed by atoms with Gasteiger partial charge >= 0.3 is 0 Å². The van der Waals surface area contributed by atoms with Crippen molar-refractivity contribution in [1.82, 2.24) is 9.55 Å². The first kappa shape index (κ1) is 17.3. The van der Waals surface area contributed by atoms with Gasteiger partial charge < -0.3 is 5.32 Å². The van der Waals surface area contributed by atoms with E-state index in [0.717, 1.165) is 27.7 Å². The van der Waals surface area contributed by atoms with Crippen LogP contribution in [-0.4, -0.2) is 21.2 Å². The van der Waals surface area contributed by atoms with E-state index in [2.05, 4.69) is 29.4 Å². The van der Waals surface area contributed by atoms with E-state index in [4.69, 9.17) is 0 Å². The maximum atomic E-state index is 12.4. The largest absolute Gasteiger partial charge is 0.325 e. The first-order valence-corrected chi connectivity index (χ1v) is 9.12. The summed E-state index contributed by atoms with van der Waals surface area (Å²) >= 11 is 1.43. The SMILES string of the molecule is Cc1cc(C)c(NC(=O)CSc2nccn2-c2ccccc2)c(C)c1. The van der Waals surface area contributed by atoms with Gasteiger partial charge in [0.2, 0.25) is 5.91 Å². The van der Waals surface area contributed by atoms with E-state index in [-0.39, 0.29) is 5.91 Å². The second-order valence-corrected chi connectivity index (χ2v) is 6.97. The molecule has 0 radical (unpaired) electrons. The lowest BCUT2D eigenvalue weighted by Gasteiger charge is -2.13. The molecule has 0 bridgehead atoms. The number of rotatable bonds is 5. The van der Waals surface area contributed by atoms with E-state index in [0.29, 0.717) is 5.75 Å². The molecule has 0 saturated heterocycles. The van der Waals surface area contributed by atoms with Gasteiger partial charge in [-0.3, -0.25) is 9.36 Å². The van der Waals surface area contributed by atoms with Gasteiger partial charge in [0.25, 0.3) is 0 Å². The third-order valence-corrected chi connectivity index (χ3v) is 4.88. The van der Waals surface area contributed by atoms with E-state index in [9.17, 15) is 4.79 Å². The lowest BCUT2D eigenvalue weighted by Crippen LogP contribution is -2.16. The molecule has 1 amide bonds. The number of imidazole rings is 1. The molecule has 0 fully saturated rings. The van der Waals surface area contributed by atoms with Crippen molar-refractivity contribution in [3.05, 3.63) is 71.5 Å². The summed E-state index contributed by atoms with van der Waals surface area (Å²) in [5.41, 5.74) is 5.31. The van der Waals surface area contributed by atoms with Gasteiger partial charge in [-0.25, -0.2) is 4.98 Å². The number of hydrogen-bond acceptors (Lipinski definition) is 3. The number of para-hydroxylation sites is 1. The van der Waals surface area contributed by atoms with Gasteiger partial charge in [0.05, 0.1) is 5.75 Å². The van der Waals surface area contributed by atoms with Gasteiger partial charge in [0.15, 0.2) is 5.16 Å². The van der Waals surface area contributed by atoms with E-state index >= 15 is 0 Å². The second-order valence-electron chi connectivity index (χ2n) is 6.03. The first-order chi connectivity index (χ1) is 12.0. The Labute approximate surface area is 152 Å². The highest BCUT2D eigenvalue weighted by Crippen LogP contribution is 2.24. The van der Waals surface area contributed by atoms with Crippen LogP contribution in [0.25, 0.3) is 5.69 Å². The number of benzene rings is 2. The number of amides is 1. The third-order valence-electron chi connectivity index (χ3n) is 3.91. The summed E-state index contributed by atoms with van der Waals surface area (Å²) in [4.78, 5) is 16.7. The Morgan fingerprint density at radius 3 is 2.48 bits per heavy atom. The average Bonchev–Trinajstić information content (AvgIpc) is 3.05. The topological polar surface area (TPSA) is 46.9 Å². The van der Waals surface area contributed by atoms with E-state index in [1.165, 1.54) is 17.3 Å². The number of aryl methyl sites for hydroxylation is 3. The van der Waals surface area contributed by atoms with Crippen molar-refractivity contribution in [2.24, 2.45) is 0 Å². The van der Waals surface area contributed by atoms with Crippen molar-refractivity contribution in [3.8, 4) is 5.69 Å². The smallest absolute Gasteiger partial charge is 0.234 e. The minimum atomic E-state index is -0.0253. The summed E-state index contributed by atoms with van der Waals surface area (Å²) in [7, 11) is 0. The van der Waals surface area contributed by atoms with E-state index < -0.39 is 0 Å². The molecule has 25 heavy (non-hydrogen) atoms. The Hall–Kier alpha value is -2.53. The molecule has 128 valence electrons. The fraction of sp³-hybridized carbons (Fsp3) is 0.200. The number of nitrogens with one attached hydrogen (secondary N) is 1. The maximum Gasteiger partial charge on any atom is 0.234 e. The van der Waals surface area contributed by atoms with E-state index in [1.54, 1.807) is 6.20 Å². The normalized spacial score (nSPS) is 10.7. The van der Waals surface area contributed by atoms with Crippen LogP contribution in [0.4, 0.5) is 5.69 Å². The molecule has 5 heteroatoms. The molecule has 3 rings (SSSR count). The Balaban J connectivity index is 1.67. The first-order valence-electron chi connectivity index (χ1n) is 8.14. The highest BCUT2D eigenvalue weighted by atomic mass is 32.2. The molecule has 3 aromatic rings. The van der Waals surface area contributed by atoms with E-state index in [1.807, 2.05) is 54.9 Å². The van der Waals surface area contributed by atoms with Crippen LogP contribution in [0.15, 0.2) is 60.0 Å². The zero-order valence-corrected chi connectivity index (χ0v) is 15.4. The zero-order valence-electron chi connectivity index (χ0n) is 14.6. The fourth-order valence-electron chi connectivity index (χ4n) is 2.86. The lowest BCUT2D eigenvalue weighted by molar-refractivity contribution is -0.113. The van der Waals surface area contributed by atoms with Gasteiger partial charge in [-0.05, 0) is 44.0 Å². The minimum Gasteiger partial charge on any atom is -0.325 e. The second kappa shape index (κ2) is 7.57. The molecular weight excluding hydrogens is 330 g/mol. The van der Waals surface area contributed by atoms with Crippen LogP contribution in [0.1, 0.15) is 16.7 Å². The summed E-state index contributed by atoms with van der Waals surface area (Å²) in [6, 6.07) is 14.1. The number of carbonyl (C=O) groups is 1. The standard InChI is InChI=1S/C20H21N3OS/c1-14-11-15(2)19(16(3)12-14)22-18(24)13-25-20-21-9-10-23(20)17-7-5-4-6-8-17/h4-12H,13H2,1-3H3,(H,22,24). The molecule has 0 atom stereocenters. The molecule has 1 N–H and O–H groups in total. The number of thioether (sulfide) groups is 1. The molecule has 0 saturated carbocycles. The van der Waals surface area contributed by atoms with Crippen molar-refractivity contribution in [1.29, 1.82) is 0 Å². The molecule has 0 aliphatic carbocycles. The average molecular weight is 351 g/mol. The van der Waals surface area contributed by atoms with Crippen LogP contribution in [0.5, 0.6) is 0 Å². The quantitative estimate of drug-likeness (QED) is 0.687. The van der Waals surface area contributed by atoms with Gasteiger partial charge in [-0.1, -0.05) is 47.7 Å².